The zero-order chi connectivity index (χ0) is 17.2. The van der Waals surface area contributed by atoms with Gasteiger partial charge in [-0.1, -0.05) is 51.0 Å². The largest absolute Gasteiger partial charge is 0.421 e. The van der Waals surface area contributed by atoms with Gasteiger partial charge in [0.25, 0.3) is 6.29 Å². The van der Waals surface area contributed by atoms with Crippen molar-refractivity contribution in [1.82, 2.24) is 0 Å². The Hall–Kier alpha value is -2.10. The molecule has 0 aromatic heterocycles. The molecule has 1 aromatic carbocycles. The molecule has 0 N–H and O–H groups in total. The first-order chi connectivity index (χ1) is 11.0. The molecule has 23 heavy (non-hydrogen) atoms. The third kappa shape index (κ3) is 6.68. The van der Waals surface area contributed by atoms with Crippen LogP contribution >= 0.6 is 0 Å². The van der Waals surface area contributed by atoms with E-state index in [0.29, 0.717) is 6.42 Å². The van der Waals surface area contributed by atoms with Gasteiger partial charge in [0.05, 0.1) is 0 Å². The fraction of sp³-hybridized carbons (Fsp3) is 0.474. The Morgan fingerprint density at radius 1 is 1.04 bits per heavy atom. The lowest BCUT2D eigenvalue weighted by molar-refractivity contribution is -0.178. The lowest BCUT2D eigenvalue weighted by Crippen LogP contribution is -2.24. The van der Waals surface area contributed by atoms with Crippen molar-refractivity contribution < 1.29 is 19.1 Å². The van der Waals surface area contributed by atoms with Crippen LogP contribution in [0.25, 0.3) is 6.08 Å². The van der Waals surface area contributed by atoms with E-state index in [2.05, 4.69) is 13.0 Å². The summed E-state index contributed by atoms with van der Waals surface area (Å²) in [5, 5.41) is 0. The van der Waals surface area contributed by atoms with Gasteiger partial charge in [0.2, 0.25) is 0 Å². The summed E-state index contributed by atoms with van der Waals surface area (Å²) in [5.74, 6) is -0.944. The van der Waals surface area contributed by atoms with E-state index in [9.17, 15) is 9.59 Å². The highest BCUT2D eigenvalue weighted by atomic mass is 16.7. The van der Waals surface area contributed by atoms with E-state index >= 15 is 0 Å². The quantitative estimate of drug-likeness (QED) is 0.530. The Labute approximate surface area is 138 Å². The molecule has 0 atom stereocenters. The Balaban J connectivity index is 3.19. The molecule has 0 bridgehead atoms. The van der Waals surface area contributed by atoms with Gasteiger partial charge in [-0.3, -0.25) is 9.59 Å². The number of carbonyl (C=O) groups is 2. The van der Waals surface area contributed by atoms with Crippen LogP contribution in [0, 0.1) is 0 Å². The molecule has 0 heterocycles. The highest BCUT2D eigenvalue weighted by Crippen LogP contribution is 2.22. The van der Waals surface area contributed by atoms with Crippen molar-refractivity contribution in [2.24, 2.45) is 0 Å². The minimum atomic E-state index is -0.959. The summed E-state index contributed by atoms with van der Waals surface area (Å²) in [4.78, 5) is 22.7. The van der Waals surface area contributed by atoms with E-state index in [0.717, 1.165) is 30.4 Å². The maximum Gasteiger partial charge on any atom is 0.305 e. The molecule has 0 saturated heterocycles. The Bertz CT molecular complexity index is 544. The molecule has 0 fully saturated rings. The number of hydrogen-bond donors (Lipinski definition) is 0. The predicted octanol–water partition coefficient (Wildman–Crippen LogP) is 4.27. The molecule has 4 nitrogen and oxygen atoms in total. The molecule has 126 valence electrons. The van der Waals surface area contributed by atoms with Gasteiger partial charge >= 0.3 is 11.9 Å². The fourth-order valence-corrected chi connectivity index (χ4v) is 2.40. The topological polar surface area (TPSA) is 52.6 Å². The number of hydrogen-bond acceptors (Lipinski definition) is 4. The first kappa shape index (κ1) is 18.9. The number of carbonyl (C=O) groups excluding carboxylic acids is 2. The maximum absolute atomic E-state index is 11.3. The minimum absolute atomic E-state index is 0.472. The van der Waals surface area contributed by atoms with E-state index in [1.54, 1.807) is 0 Å². The van der Waals surface area contributed by atoms with Crippen molar-refractivity contribution in [2.75, 3.05) is 0 Å². The molecule has 0 unspecified atom stereocenters. The average Bonchev–Trinajstić information content (AvgIpc) is 2.47. The molecule has 0 saturated carbocycles. The molecule has 1 rings (SSSR count). The van der Waals surface area contributed by atoms with Crippen molar-refractivity contribution in [3.05, 3.63) is 41.0 Å². The van der Waals surface area contributed by atoms with Crippen LogP contribution in [0.15, 0.2) is 29.8 Å². The third-order valence-corrected chi connectivity index (χ3v) is 3.30. The van der Waals surface area contributed by atoms with Gasteiger partial charge in [0.1, 0.15) is 0 Å². The van der Waals surface area contributed by atoms with Crippen molar-refractivity contribution in [1.29, 1.82) is 0 Å². The van der Waals surface area contributed by atoms with Gasteiger partial charge in [-0.2, -0.15) is 0 Å². The SMILES string of the molecule is CCC/C(=C\c1ccccc1CCC)C(OC(C)=O)OC(C)=O. The Morgan fingerprint density at radius 2 is 1.65 bits per heavy atom. The number of rotatable bonds is 8. The summed E-state index contributed by atoms with van der Waals surface area (Å²) < 4.78 is 10.4. The average molecular weight is 318 g/mol. The summed E-state index contributed by atoms with van der Waals surface area (Å²) in [6.07, 6.45) is 4.58. The zero-order valence-corrected chi connectivity index (χ0v) is 14.4. The second-order valence-corrected chi connectivity index (χ2v) is 5.47. The molecule has 0 aliphatic rings. The molecule has 4 heteroatoms. The highest BCUT2D eigenvalue weighted by molar-refractivity contribution is 5.69. The highest BCUT2D eigenvalue weighted by Gasteiger charge is 2.20. The monoisotopic (exact) mass is 318 g/mol. The molecular formula is C19H26O4. The van der Waals surface area contributed by atoms with E-state index < -0.39 is 18.2 Å². The summed E-state index contributed by atoms with van der Waals surface area (Å²) in [5.41, 5.74) is 3.09. The van der Waals surface area contributed by atoms with Crippen LogP contribution < -0.4 is 0 Å². The smallest absolute Gasteiger partial charge is 0.305 e. The number of aryl methyl sites for hydroxylation is 1. The first-order valence-corrected chi connectivity index (χ1v) is 8.10. The summed E-state index contributed by atoms with van der Waals surface area (Å²) >= 11 is 0. The maximum atomic E-state index is 11.3. The lowest BCUT2D eigenvalue weighted by Gasteiger charge is -2.20. The van der Waals surface area contributed by atoms with Crippen molar-refractivity contribution in [2.45, 2.75) is 59.7 Å². The number of esters is 2. The van der Waals surface area contributed by atoms with E-state index in [1.807, 2.05) is 31.2 Å². The van der Waals surface area contributed by atoms with Gasteiger partial charge < -0.3 is 9.47 Å². The molecule has 0 spiro atoms. The molecule has 0 aliphatic carbocycles. The summed E-state index contributed by atoms with van der Waals surface area (Å²) in [6, 6.07) is 8.10. The van der Waals surface area contributed by atoms with E-state index in [1.165, 1.54) is 19.4 Å². The summed E-state index contributed by atoms with van der Waals surface area (Å²) in [6.45, 7) is 6.79. The molecule has 0 amide bonds. The van der Waals surface area contributed by atoms with Gasteiger partial charge in [-0.05, 0) is 30.0 Å². The number of ether oxygens (including phenoxy) is 2. The fourth-order valence-electron chi connectivity index (χ4n) is 2.40. The van der Waals surface area contributed by atoms with Crippen molar-refractivity contribution in [3.63, 3.8) is 0 Å². The Morgan fingerprint density at radius 3 is 2.17 bits per heavy atom. The predicted molar refractivity (Wildman–Crippen MR) is 90.6 cm³/mol. The standard InChI is InChI=1S/C19H26O4/c1-5-9-16-11-7-8-12-17(16)13-18(10-6-2)19(22-14(3)20)23-15(4)21/h7-8,11-13,19H,5-6,9-10H2,1-4H3/b18-13+. The normalized spacial score (nSPS) is 11.4. The van der Waals surface area contributed by atoms with Gasteiger partial charge in [0.15, 0.2) is 0 Å². The number of benzene rings is 1. The van der Waals surface area contributed by atoms with Crippen molar-refractivity contribution >= 4 is 18.0 Å². The van der Waals surface area contributed by atoms with Crippen LogP contribution in [0.3, 0.4) is 0 Å². The van der Waals surface area contributed by atoms with Crippen LogP contribution in [0.1, 0.15) is 58.1 Å². The molecular weight excluding hydrogens is 292 g/mol. The lowest BCUT2D eigenvalue weighted by atomic mass is 9.99. The van der Waals surface area contributed by atoms with Crippen LogP contribution in [-0.4, -0.2) is 18.2 Å². The van der Waals surface area contributed by atoms with Crippen LogP contribution in [0.2, 0.25) is 0 Å². The molecule has 0 aliphatic heterocycles. The minimum Gasteiger partial charge on any atom is -0.421 e. The Kier molecular flexibility index (Phi) is 8.09. The van der Waals surface area contributed by atoms with Crippen LogP contribution in [0.5, 0.6) is 0 Å². The van der Waals surface area contributed by atoms with Crippen LogP contribution in [0.4, 0.5) is 0 Å². The summed E-state index contributed by atoms with van der Waals surface area (Å²) in [7, 11) is 0. The molecule has 0 radical (unpaired) electrons. The van der Waals surface area contributed by atoms with Gasteiger partial charge in [-0.15, -0.1) is 0 Å². The van der Waals surface area contributed by atoms with Crippen LogP contribution in [-0.2, 0) is 25.5 Å². The van der Waals surface area contributed by atoms with E-state index in [-0.39, 0.29) is 0 Å². The van der Waals surface area contributed by atoms with Gasteiger partial charge in [-0.25, -0.2) is 0 Å². The second-order valence-electron chi connectivity index (χ2n) is 5.47. The molecule has 1 aromatic rings. The van der Waals surface area contributed by atoms with Crippen molar-refractivity contribution in [3.8, 4) is 0 Å². The van der Waals surface area contributed by atoms with E-state index in [4.69, 9.17) is 9.47 Å². The second kappa shape index (κ2) is 9.82. The first-order valence-electron chi connectivity index (χ1n) is 8.10. The van der Waals surface area contributed by atoms with Gasteiger partial charge in [0, 0.05) is 19.4 Å². The third-order valence-electron chi connectivity index (χ3n) is 3.30. The zero-order valence-electron chi connectivity index (χ0n) is 14.4.